The quantitative estimate of drug-likeness (QED) is 0.930. The molecule has 0 aliphatic carbocycles. The van der Waals surface area contributed by atoms with Crippen molar-refractivity contribution in [3.05, 3.63) is 24.5 Å². The minimum atomic E-state index is 0.486. The highest BCUT2D eigenvalue weighted by molar-refractivity contribution is 5.71. The molecule has 2 fully saturated rings. The Morgan fingerprint density at radius 1 is 1.09 bits per heavy atom. The first-order valence-corrected chi connectivity index (χ1v) is 8.04. The molecule has 0 amide bonds. The van der Waals surface area contributed by atoms with Crippen molar-refractivity contribution < 1.29 is 4.74 Å². The SMILES string of the molecule is c1cnc2nc(NC3CCN(C4CCOC4)CC3)ccc2n1. The maximum atomic E-state index is 5.49. The number of pyridine rings is 1. The fraction of sp³-hybridized carbons (Fsp3) is 0.562. The highest BCUT2D eigenvalue weighted by atomic mass is 16.5. The highest BCUT2D eigenvalue weighted by Gasteiger charge is 2.27. The van der Waals surface area contributed by atoms with Gasteiger partial charge in [-0.2, -0.15) is 0 Å². The van der Waals surface area contributed by atoms with Gasteiger partial charge in [0.15, 0.2) is 5.65 Å². The predicted molar refractivity (Wildman–Crippen MR) is 84.8 cm³/mol. The number of hydrogen-bond acceptors (Lipinski definition) is 6. The van der Waals surface area contributed by atoms with Crippen LogP contribution < -0.4 is 5.32 Å². The zero-order chi connectivity index (χ0) is 14.8. The molecule has 1 N–H and O–H groups in total. The summed E-state index contributed by atoms with van der Waals surface area (Å²) in [7, 11) is 0. The third kappa shape index (κ3) is 2.89. The second kappa shape index (κ2) is 6.14. The third-order valence-corrected chi connectivity index (χ3v) is 4.64. The molecule has 0 bridgehead atoms. The normalized spacial score (nSPS) is 23.9. The van der Waals surface area contributed by atoms with Crippen LogP contribution in [0.15, 0.2) is 24.5 Å². The Morgan fingerprint density at radius 3 is 2.77 bits per heavy atom. The number of nitrogens with zero attached hydrogens (tertiary/aromatic N) is 4. The van der Waals surface area contributed by atoms with Gasteiger partial charge in [-0.15, -0.1) is 0 Å². The molecule has 116 valence electrons. The van der Waals surface area contributed by atoms with Crippen molar-refractivity contribution in [2.75, 3.05) is 31.6 Å². The average Bonchev–Trinajstić information content (AvgIpc) is 3.10. The number of nitrogens with one attached hydrogen (secondary N) is 1. The lowest BCUT2D eigenvalue weighted by atomic mass is 10.0. The van der Waals surface area contributed by atoms with E-state index in [1.807, 2.05) is 12.1 Å². The summed E-state index contributed by atoms with van der Waals surface area (Å²) >= 11 is 0. The van der Waals surface area contributed by atoms with E-state index < -0.39 is 0 Å². The second-order valence-corrected chi connectivity index (χ2v) is 6.07. The number of rotatable bonds is 3. The summed E-state index contributed by atoms with van der Waals surface area (Å²) in [6.45, 7) is 4.10. The summed E-state index contributed by atoms with van der Waals surface area (Å²) in [5.41, 5.74) is 1.54. The largest absolute Gasteiger partial charge is 0.380 e. The number of anilines is 1. The van der Waals surface area contributed by atoms with Crippen LogP contribution >= 0.6 is 0 Å². The first-order valence-electron chi connectivity index (χ1n) is 8.04. The Labute approximate surface area is 129 Å². The molecule has 0 aromatic carbocycles. The lowest BCUT2D eigenvalue weighted by molar-refractivity contribution is 0.124. The van der Waals surface area contributed by atoms with Gasteiger partial charge in [-0.25, -0.2) is 9.97 Å². The molecular formula is C16H21N5O. The molecule has 0 spiro atoms. The van der Waals surface area contributed by atoms with Gasteiger partial charge in [-0.3, -0.25) is 9.88 Å². The molecule has 2 aromatic heterocycles. The maximum absolute atomic E-state index is 5.49. The van der Waals surface area contributed by atoms with Crippen LogP contribution in [-0.2, 0) is 4.74 Å². The molecule has 0 saturated carbocycles. The number of piperidine rings is 1. The van der Waals surface area contributed by atoms with Gasteiger partial charge in [0, 0.05) is 44.2 Å². The first kappa shape index (κ1) is 13.8. The van der Waals surface area contributed by atoms with E-state index in [9.17, 15) is 0 Å². The number of likely N-dealkylation sites (tertiary alicyclic amines) is 1. The van der Waals surface area contributed by atoms with E-state index in [1.165, 1.54) is 6.42 Å². The van der Waals surface area contributed by atoms with E-state index in [4.69, 9.17) is 4.74 Å². The molecule has 6 nitrogen and oxygen atoms in total. The topological polar surface area (TPSA) is 63.2 Å². The number of aromatic nitrogens is 3. The third-order valence-electron chi connectivity index (χ3n) is 4.64. The van der Waals surface area contributed by atoms with Crippen molar-refractivity contribution >= 4 is 17.0 Å². The Hall–Kier alpha value is -1.79. The van der Waals surface area contributed by atoms with Crippen LogP contribution in [0, 0.1) is 0 Å². The fourth-order valence-corrected chi connectivity index (χ4v) is 3.36. The predicted octanol–water partition coefficient (Wildman–Crippen LogP) is 1.69. The van der Waals surface area contributed by atoms with E-state index in [0.717, 1.165) is 50.5 Å². The number of hydrogen-bond donors (Lipinski definition) is 1. The summed E-state index contributed by atoms with van der Waals surface area (Å²) in [5, 5.41) is 3.55. The number of fused-ring (bicyclic) bond motifs is 1. The fourth-order valence-electron chi connectivity index (χ4n) is 3.36. The summed E-state index contributed by atoms with van der Waals surface area (Å²) < 4.78 is 5.49. The van der Waals surface area contributed by atoms with Crippen LogP contribution in [0.1, 0.15) is 19.3 Å². The Morgan fingerprint density at radius 2 is 1.95 bits per heavy atom. The molecule has 4 rings (SSSR count). The Balaban J connectivity index is 1.37. The average molecular weight is 299 g/mol. The van der Waals surface area contributed by atoms with Gasteiger partial charge in [-0.05, 0) is 31.4 Å². The van der Waals surface area contributed by atoms with Gasteiger partial charge in [0.05, 0.1) is 6.61 Å². The van der Waals surface area contributed by atoms with Crippen molar-refractivity contribution in [1.82, 2.24) is 19.9 Å². The zero-order valence-electron chi connectivity index (χ0n) is 12.6. The molecule has 4 heterocycles. The molecular weight excluding hydrogens is 278 g/mol. The summed E-state index contributed by atoms with van der Waals surface area (Å²) in [4.78, 5) is 15.6. The van der Waals surface area contributed by atoms with Gasteiger partial charge in [0.1, 0.15) is 11.3 Å². The van der Waals surface area contributed by atoms with Gasteiger partial charge in [-0.1, -0.05) is 0 Å². The van der Waals surface area contributed by atoms with E-state index in [-0.39, 0.29) is 0 Å². The van der Waals surface area contributed by atoms with E-state index in [2.05, 4.69) is 25.2 Å². The van der Waals surface area contributed by atoms with Crippen LogP contribution in [0.5, 0.6) is 0 Å². The van der Waals surface area contributed by atoms with E-state index in [0.29, 0.717) is 17.7 Å². The standard InChI is InChI=1S/C16H21N5O/c1-2-15(20-16-14(1)17-6-7-18-16)19-12-3-8-21(9-4-12)13-5-10-22-11-13/h1-2,6-7,12-13H,3-5,8-11H2,(H,18,19,20). The molecule has 6 heteroatoms. The van der Waals surface area contributed by atoms with Crippen molar-refractivity contribution in [3.8, 4) is 0 Å². The van der Waals surface area contributed by atoms with Gasteiger partial charge >= 0.3 is 0 Å². The molecule has 2 aliphatic rings. The van der Waals surface area contributed by atoms with E-state index >= 15 is 0 Å². The number of ether oxygens (including phenoxy) is 1. The van der Waals surface area contributed by atoms with Crippen LogP contribution in [0.4, 0.5) is 5.82 Å². The van der Waals surface area contributed by atoms with Gasteiger partial charge in [0.25, 0.3) is 0 Å². The lowest BCUT2D eigenvalue weighted by Gasteiger charge is -2.35. The van der Waals surface area contributed by atoms with E-state index in [1.54, 1.807) is 12.4 Å². The molecule has 2 aromatic rings. The van der Waals surface area contributed by atoms with Crippen molar-refractivity contribution in [3.63, 3.8) is 0 Å². The zero-order valence-corrected chi connectivity index (χ0v) is 12.6. The second-order valence-electron chi connectivity index (χ2n) is 6.07. The maximum Gasteiger partial charge on any atom is 0.180 e. The molecule has 22 heavy (non-hydrogen) atoms. The smallest absolute Gasteiger partial charge is 0.180 e. The monoisotopic (exact) mass is 299 g/mol. The summed E-state index contributed by atoms with van der Waals surface area (Å²) in [6, 6.07) is 5.09. The summed E-state index contributed by atoms with van der Waals surface area (Å²) in [6.07, 6.45) is 6.86. The summed E-state index contributed by atoms with van der Waals surface area (Å²) in [5.74, 6) is 0.899. The molecule has 1 unspecified atom stereocenters. The molecule has 2 saturated heterocycles. The van der Waals surface area contributed by atoms with Crippen molar-refractivity contribution in [2.45, 2.75) is 31.3 Å². The highest BCUT2D eigenvalue weighted by Crippen LogP contribution is 2.21. The Bertz CT molecular complexity index is 635. The molecule has 1 atom stereocenters. The minimum absolute atomic E-state index is 0.486. The van der Waals surface area contributed by atoms with Gasteiger partial charge < -0.3 is 10.1 Å². The molecule has 2 aliphatic heterocycles. The van der Waals surface area contributed by atoms with Crippen LogP contribution in [0.25, 0.3) is 11.2 Å². The van der Waals surface area contributed by atoms with Crippen LogP contribution in [0.2, 0.25) is 0 Å². The van der Waals surface area contributed by atoms with Crippen molar-refractivity contribution in [1.29, 1.82) is 0 Å². The van der Waals surface area contributed by atoms with Crippen LogP contribution in [-0.4, -0.2) is 58.2 Å². The Kier molecular flexibility index (Phi) is 3.86. The first-order chi connectivity index (χ1) is 10.9. The minimum Gasteiger partial charge on any atom is -0.380 e. The van der Waals surface area contributed by atoms with Crippen molar-refractivity contribution in [2.24, 2.45) is 0 Å². The molecule has 0 radical (unpaired) electrons. The lowest BCUT2D eigenvalue weighted by Crippen LogP contribution is -2.44. The van der Waals surface area contributed by atoms with Crippen LogP contribution in [0.3, 0.4) is 0 Å². The van der Waals surface area contributed by atoms with Gasteiger partial charge in [0.2, 0.25) is 0 Å².